The van der Waals surface area contributed by atoms with Gasteiger partial charge >= 0.3 is 0 Å². The summed E-state index contributed by atoms with van der Waals surface area (Å²) in [4.78, 5) is 12.0. The number of carbonyl (C=O) groups is 1. The van der Waals surface area contributed by atoms with E-state index in [1.54, 1.807) is 6.07 Å². The maximum absolute atomic E-state index is 10.9. The molecule has 0 aliphatic carbocycles. The monoisotopic (exact) mass is 180 g/mol. The van der Waals surface area contributed by atoms with Crippen LogP contribution in [0, 0.1) is 0 Å². The summed E-state index contributed by atoms with van der Waals surface area (Å²) in [5.41, 5.74) is 7.19. The quantitative estimate of drug-likeness (QED) is 0.592. The second-order valence-corrected chi connectivity index (χ2v) is 3.61. The number of rotatable bonds is 0. The van der Waals surface area contributed by atoms with Gasteiger partial charge in [0.2, 0.25) is 5.91 Å². The Bertz CT molecular complexity index is 338. The van der Waals surface area contributed by atoms with Gasteiger partial charge in [-0.2, -0.15) is 0 Å². The van der Waals surface area contributed by atoms with E-state index in [-0.39, 0.29) is 5.91 Å². The Balaban J connectivity index is 2.43. The van der Waals surface area contributed by atoms with Crippen molar-refractivity contribution in [1.82, 2.24) is 0 Å². The molecule has 0 saturated carbocycles. The fraction of sp³-hybridized carbons (Fsp3) is 0.125. The van der Waals surface area contributed by atoms with Crippen LogP contribution in [0.15, 0.2) is 23.1 Å². The molecule has 0 saturated heterocycles. The summed E-state index contributed by atoms with van der Waals surface area (Å²) in [6.45, 7) is 0. The number of anilines is 2. The van der Waals surface area contributed by atoms with Crippen LogP contribution in [0.3, 0.4) is 0 Å². The number of thioether (sulfide) groups is 1. The van der Waals surface area contributed by atoms with E-state index in [2.05, 4.69) is 5.32 Å². The van der Waals surface area contributed by atoms with Gasteiger partial charge in [-0.1, -0.05) is 0 Å². The zero-order valence-electron chi connectivity index (χ0n) is 6.33. The third-order valence-electron chi connectivity index (χ3n) is 1.64. The Morgan fingerprint density at radius 2 is 2.33 bits per heavy atom. The number of benzene rings is 1. The fourth-order valence-corrected chi connectivity index (χ4v) is 1.94. The first kappa shape index (κ1) is 7.49. The highest BCUT2D eigenvalue weighted by atomic mass is 32.2. The lowest BCUT2D eigenvalue weighted by molar-refractivity contribution is -0.113. The van der Waals surface area contributed by atoms with Crippen LogP contribution < -0.4 is 11.1 Å². The predicted molar refractivity (Wildman–Crippen MR) is 50.2 cm³/mol. The van der Waals surface area contributed by atoms with E-state index in [1.165, 1.54) is 11.8 Å². The molecule has 0 aromatic heterocycles. The van der Waals surface area contributed by atoms with E-state index >= 15 is 0 Å². The summed E-state index contributed by atoms with van der Waals surface area (Å²) in [6, 6.07) is 5.49. The van der Waals surface area contributed by atoms with Gasteiger partial charge in [0.25, 0.3) is 0 Å². The molecule has 62 valence electrons. The summed E-state index contributed by atoms with van der Waals surface area (Å²) >= 11 is 1.52. The molecule has 4 heteroatoms. The van der Waals surface area contributed by atoms with Gasteiger partial charge in [0, 0.05) is 10.6 Å². The lowest BCUT2D eigenvalue weighted by Gasteiger charge is -2.15. The summed E-state index contributed by atoms with van der Waals surface area (Å²) in [7, 11) is 0. The van der Waals surface area contributed by atoms with Gasteiger partial charge in [0.05, 0.1) is 11.4 Å². The first-order valence-electron chi connectivity index (χ1n) is 3.58. The predicted octanol–water partition coefficient (Wildman–Crippen LogP) is 1.31. The molecule has 3 nitrogen and oxygen atoms in total. The van der Waals surface area contributed by atoms with E-state index in [0.717, 1.165) is 16.3 Å². The highest BCUT2D eigenvalue weighted by Gasteiger charge is 2.14. The number of amides is 1. The van der Waals surface area contributed by atoms with E-state index in [0.29, 0.717) is 5.75 Å². The molecule has 1 aliphatic rings. The molecule has 12 heavy (non-hydrogen) atoms. The maximum atomic E-state index is 10.9. The first-order chi connectivity index (χ1) is 5.75. The van der Waals surface area contributed by atoms with Gasteiger partial charge in [0.15, 0.2) is 0 Å². The molecule has 0 fully saturated rings. The van der Waals surface area contributed by atoms with Crippen LogP contribution in [0.1, 0.15) is 0 Å². The van der Waals surface area contributed by atoms with Gasteiger partial charge in [-0.15, -0.1) is 11.8 Å². The molecule has 1 aromatic carbocycles. The molecule has 0 unspecified atom stereocenters. The van der Waals surface area contributed by atoms with Gasteiger partial charge in [-0.3, -0.25) is 4.79 Å². The van der Waals surface area contributed by atoms with Crippen molar-refractivity contribution in [2.24, 2.45) is 0 Å². The van der Waals surface area contributed by atoms with E-state index in [4.69, 9.17) is 5.73 Å². The SMILES string of the molecule is Nc1ccc2c(c1)SCC(=O)N2. The van der Waals surface area contributed by atoms with Crippen LogP contribution in [-0.2, 0) is 4.79 Å². The van der Waals surface area contributed by atoms with Crippen LogP contribution >= 0.6 is 11.8 Å². The highest BCUT2D eigenvalue weighted by Crippen LogP contribution is 2.32. The van der Waals surface area contributed by atoms with Gasteiger partial charge in [-0.05, 0) is 18.2 Å². The number of fused-ring (bicyclic) bond motifs is 1. The van der Waals surface area contributed by atoms with Crippen molar-refractivity contribution in [3.05, 3.63) is 18.2 Å². The van der Waals surface area contributed by atoms with Crippen molar-refractivity contribution in [3.63, 3.8) is 0 Å². The number of carbonyl (C=O) groups excluding carboxylic acids is 1. The Morgan fingerprint density at radius 3 is 3.17 bits per heavy atom. The second kappa shape index (κ2) is 2.71. The molecule has 0 radical (unpaired) electrons. The minimum absolute atomic E-state index is 0.0530. The Labute approximate surface area is 74.3 Å². The average Bonchev–Trinajstić information content (AvgIpc) is 2.05. The molecule has 2 rings (SSSR count). The van der Waals surface area contributed by atoms with Crippen molar-refractivity contribution in [3.8, 4) is 0 Å². The summed E-state index contributed by atoms with van der Waals surface area (Å²) < 4.78 is 0. The molecule has 3 N–H and O–H groups in total. The zero-order chi connectivity index (χ0) is 8.55. The number of nitrogens with two attached hydrogens (primary N) is 1. The topological polar surface area (TPSA) is 55.1 Å². The van der Waals surface area contributed by atoms with Crippen LogP contribution in [0.4, 0.5) is 11.4 Å². The summed E-state index contributed by atoms with van der Waals surface area (Å²) in [5, 5.41) is 2.77. The van der Waals surface area contributed by atoms with E-state index in [1.807, 2.05) is 12.1 Å². The van der Waals surface area contributed by atoms with E-state index in [9.17, 15) is 4.79 Å². The summed E-state index contributed by atoms with van der Waals surface area (Å²) in [5.74, 6) is 0.536. The van der Waals surface area contributed by atoms with Gasteiger partial charge < -0.3 is 11.1 Å². The first-order valence-corrected chi connectivity index (χ1v) is 4.56. The third kappa shape index (κ3) is 1.25. The van der Waals surface area contributed by atoms with Crippen LogP contribution in [0.5, 0.6) is 0 Å². The minimum Gasteiger partial charge on any atom is -0.399 e. The summed E-state index contributed by atoms with van der Waals surface area (Å²) in [6.07, 6.45) is 0. The average molecular weight is 180 g/mol. The van der Waals surface area contributed by atoms with Crippen molar-refractivity contribution >= 4 is 29.0 Å². The molecule has 1 heterocycles. The molecule has 0 atom stereocenters. The highest BCUT2D eigenvalue weighted by molar-refractivity contribution is 8.00. The minimum atomic E-state index is 0.0530. The molecule has 0 spiro atoms. The Morgan fingerprint density at radius 1 is 1.50 bits per heavy atom. The normalized spacial score (nSPS) is 15.2. The Hall–Kier alpha value is -1.16. The Kier molecular flexibility index (Phi) is 1.69. The molecule has 0 bridgehead atoms. The second-order valence-electron chi connectivity index (χ2n) is 2.59. The van der Waals surface area contributed by atoms with Crippen molar-refractivity contribution < 1.29 is 4.79 Å². The van der Waals surface area contributed by atoms with Gasteiger partial charge in [-0.25, -0.2) is 0 Å². The maximum Gasteiger partial charge on any atom is 0.234 e. The van der Waals surface area contributed by atoms with Crippen molar-refractivity contribution in [1.29, 1.82) is 0 Å². The number of nitrogens with one attached hydrogen (secondary N) is 1. The molecule has 1 amide bonds. The largest absolute Gasteiger partial charge is 0.399 e. The van der Waals surface area contributed by atoms with Crippen molar-refractivity contribution in [2.75, 3.05) is 16.8 Å². The third-order valence-corrected chi connectivity index (χ3v) is 2.69. The molecular weight excluding hydrogens is 172 g/mol. The standard InChI is InChI=1S/C8H8N2OS/c9-5-1-2-6-7(3-5)12-4-8(11)10-6/h1-3H,4,9H2,(H,10,11). The molecule has 1 aliphatic heterocycles. The van der Waals surface area contributed by atoms with Crippen LogP contribution in [0.2, 0.25) is 0 Å². The van der Waals surface area contributed by atoms with E-state index < -0.39 is 0 Å². The number of hydrogen-bond donors (Lipinski definition) is 2. The fourth-order valence-electron chi connectivity index (χ4n) is 1.09. The van der Waals surface area contributed by atoms with Crippen LogP contribution in [-0.4, -0.2) is 11.7 Å². The molecule has 1 aromatic rings. The number of hydrogen-bond acceptors (Lipinski definition) is 3. The molecular formula is C8H8N2OS. The smallest absolute Gasteiger partial charge is 0.234 e. The van der Waals surface area contributed by atoms with Gasteiger partial charge in [0.1, 0.15) is 0 Å². The number of nitrogen functional groups attached to an aromatic ring is 1. The van der Waals surface area contributed by atoms with Crippen LogP contribution in [0.25, 0.3) is 0 Å². The lowest BCUT2D eigenvalue weighted by Crippen LogP contribution is -2.18. The zero-order valence-corrected chi connectivity index (χ0v) is 7.15. The van der Waals surface area contributed by atoms with Crippen molar-refractivity contribution in [2.45, 2.75) is 4.90 Å². The lowest BCUT2D eigenvalue weighted by atomic mass is 10.3.